The summed E-state index contributed by atoms with van der Waals surface area (Å²) >= 11 is -2.18. The van der Waals surface area contributed by atoms with Crippen molar-refractivity contribution in [1.29, 1.82) is 0 Å². The van der Waals surface area contributed by atoms with Crippen LogP contribution < -0.4 is 9.80 Å². The van der Waals surface area contributed by atoms with Gasteiger partial charge in [-0.15, -0.1) is 0 Å². The second-order valence-electron chi connectivity index (χ2n) is 11.8. The van der Waals surface area contributed by atoms with Gasteiger partial charge in [-0.25, -0.2) is 0 Å². The van der Waals surface area contributed by atoms with E-state index in [1.807, 2.05) is 13.8 Å². The van der Waals surface area contributed by atoms with Crippen LogP contribution in [-0.4, -0.2) is 35.8 Å². The predicted molar refractivity (Wildman–Crippen MR) is 179 cm³/mol. The fraction of sp³-hybridized carbons (Fsp3) is 0.371. The second kappa shape index (κ2) is 15.5. The van der Waals surface area contributed by atoms with Gasteiger partial charge in [-0.2, -0.15) is 6.67 Å². The Labute approximate surface area is 279 Å². The molecule has 1 aliphatic rings. The minimum absolute atomic E-state index is 0.00103. The van der Waals surface area contributed by atoms with Crippen LogP contribution in [0, 0.1) is 55.3 Å². The molecule has 0 aliphatic carbocycles. The number of alkyl halides is 3. The SMILES string of the molecule is Cc1cc(C)c(N2[CH-]N(c3c(C)cc(C)cc3C)CC2)c(C)c1.[CH2-][O+](c1ccc(CC(=O)C(F)(F)F)cc1[CH]=[Ru]([Cl])[Cl])C(C)C. The van der Waals surface area contributed by atoms with Crippen LogP contribution in [0.2, 0.25) is 0 Å². The normalized spacial score (nSPS) is 13.5. The van der Waals surface area contributed by atoms with Crippen molar-refractivity contribution in [3.05, 3.63) is 101 Å². The number of carbonyl (C=O) groups excluding carboxylic acids is 1. The van der Waals surface area contributed by atoms with Crippen molar-refractivity contribution >= 4 is 41.1 Å². The van der Waals surface area contributed by atoms with Crippen molar-refractivity contribution in [3.8, 4) is 5.75 Å². The standard InChI is InChI=1S/C21H27N2.C14H15F3O2.2ClH.Ru/c1-14-9-16(3)20(17(4)10-14)22-7-8-23(13-22)21-18(5)11-15(2)12-19(21)6;1-9(2)19(4)12-6-5-11(7-10(12)3)8-13(18)14(15,16)17;;;/h9-13H,7-8H2,1-6H3;3,5-7,9H,4,8H2,1-2H3;2*1H;/q-1;;;;+2/p-2. The van der Waals surface area contributed by atoms with E-state index in [9.17, 15) is 18.0 Å². The Morgan fingerprint density at radius 2 is 1.36 bits per heavy atom. The molecule has 0 saturated carbocycles. The number of benzene rings is 3. The molecule has 0 bridgehead atoms. The van der Waals surface area contributed by atoms with E-state index < -0.39 is 31.9 Å². The Morgan fingerprint density at radius 3 is 1.73 bits per heavy atom. The first-order chi connectivity index (χ1) is 20.9. The van der Waals surface area contributed by atoms with Crippen LogP contribution in [0.3, 0.4) is 0 Å². The van der Waals surface area contributed by atoms with Gasteiger partial charge in [0, 0.05) is 24.5 Å². The summed E-state index contributed by atoms with van der Waals surface area (Å²) in [5, 5.41) is 0. The fourth-order valence-electron chi connectivity index (χ4n) is 5.74. The van der Waals surface area contributed by atoms with Gasteiger partial charge in [0.15, 0.2) is 0 Å². The summed E-state index contributed by atoms with van der Waals surface area (Å²) in [6, 6.07) is 13.7. The summed E-state index contributed by atoms with van der Waals surface area (Å²) < 4.78 is 41.2. The molecular weight excluding hydrogens is 709 g/mol. The van der Waals surface area contributed by atoms with Crippen molar-refractivity contribution in [2.75, 3.05) is 22.9 Å². The van der Waals surface area contributed by atoms with Crippen LogP contribution in [0.4, 0.5) is 24.5 Å². The van der Waals surface area contributed by atoms with E-state index in [1.165, 1.54) is 56.9 Å². The second-order valence-corrected chi connectivity index (χ2v) is 17.5. The summed E-state index contributed by atoms with van der Waals surface area (Å²) in [6.45, 7) is 21.3. The third kappa shape index (κ3) is 9.79. The molecule has 248 valence electrons. The molecule has 0 atom stereocenters. The number of hydrogen-bond acceptors (Lipinski definition) is 3. The number of ketones is 1. The van der Waals surface area contributed by atoms with Crippen LogP contribution in [0.25, 0.3) is 0 Å². The van der Waals surface area contributed by atoms with Gasteiger partial charge in [-0.3, -0.25) is 0 Å². The molecule has 4 nitrogen and oxygen atoms in total. The van der Waals surface area contributed by atoms with Gasteiger partial charge in [-0.05, 0) is 63.8 Å². The van der Waals surface area contributed by atoms with Gasteiger partial charge < -0.3 is 9.80 Å². The molecule has 0 N–H and O–H groups in total. The fourth-order valence-corrected chi connectivity index (χ4v) is 7.52. The van der Waals surface area contributed by atoms with E-state index in [0.717, 1.165) is 13.1 Å². The average molecular weight is 752 g/mol. The molecule has 1 aliphatic heterocycles. The van der Waals surface area contributed by atoms with Crippen LogP contribution >= 0.6 is 19.4 Å². The summed E-state index contributed by atoms with van der Waals surface area (Å²) in [4.78, 5) is 15.9. The third-order valence-corrected chi connectivity index (χ3v) is 9.33. The van der Waals surface area contributed by atoms with Gasteiger partial charge in [0.1, 0.15) is 0 Å². The van der Waals surface area contributed by atoms with E-state index in [2.05, 4.69) is 93.8 Å². The zero-order chi connectivity index (χ0) is 33.8. The first-order valence-corrected chi connectivity index (χ1v) is 20.0. The molecule has 0 aromatic heterocycles. The topological polar surface area (TPSA) is 26.3 Å². The molecule has 0 unspecified atom stereocenters. The van der Waals surface area contributed by atoms with Crippen molar-refractivity contribution in [1.82, 2.24) is 0 Å². The number of carbonyl (C=O) groups is 1. The number of Topliss-reactive ketones (excluding diaryl/α,β-unsaturated/α-hetero) is 1. The van der Waals surface area contributed by atoms with Gasteiger partial charge in [-0.1, -0.05) is 35.4 Å². The summed E-state index contributed by atoms with van der Waals surface area (Å²) in [5.41, 5.74) is 11.6. The first-order valence-electron chi connectivity index (χ1n) is 14.5. The van der Waals surface area contributed by atoms with E-state index in [0.29, 0.717) is 11.3 Å². The Hall–Kier alpha value is -2.41. The summed E-state index contributed by atoms with van der Waals surface area (Å²) in [7, 11) is 15.5. The Bertz CT molecular complexity index is 1460. The molecular formula is C35H42Cl2F3N2O2Ru-. The van der Waals surface area contributed by atoms with E-state index in [1.54, 1.807) is 10.7 Å². The zero-order valence-corrected chi connectivity index (χ0v) is 30.3. The van der Waals surface area contributed by atoms with Gasteiger partial charge in [0.2, 0.25) is 0 Å². The van der Waals surface area contributed by atoms with E-state index in [4.69, 9.17) is 19.4 Å². The number of nitrogens with zero attached hydrogens (tertiary/aromatic N) is 2. The Morgan fingerprint density at radius 1 is 0.911 bits per heavy atom. The van der Waals surface area contributed by atoms with E-state index in [-0.39, 0.29) is 11.7 Å². The molecule has 3 aromatic carbocycles. The minimum atomic E-state index is -4.84. The Balaban J connectivity index is 0.000000246. The monoisotopic (exact) mass is 751 g/mol. The van der Waals surface area contributed by atoms with Crippen molar-refractivity contribution in [2.24, 2.45) is 0 Å². The summed E-state index contributed by atoms with van der Waals surface area (Å²) in [5.74, 6) is -1.17. The quantitative estimate of drug-likeness (QED) is 0.137. The molecule has 1 saturated heterocycles. The van der Waals surface area contributed by atoms with Crippen LogP contribution in [-0.2, 0) is 29.1 Å². The average Bonchev–Trinajstić information content (AvgIpc) is 3.35. The Kier molecular flexibility index (Phi) is 12.7. The first kappa shape index (κ1) is 37.1. The maximum atomic E-state index is 12.3. The maximum absolute atomic E-state index is 12.3. The van der Waals surface area contributed by atoms with Gasteiger partial charge >= 0.3 is 140 Å². The number of halogens is 5. The summed E-state index contributed by atoms with van der Waals surface area (Å²) in [6.07, 6.45) is -5.56. The number of aryl methyl sites for hydroxylation is 6. The van der Waals surface area contributed by atoms with Crippen LogP contribution in [0.5, 0.6) is 5.75 Å². The molecule has 1 heterocycles. The zero-order valence-electron chi connectivity index (χ0n) is 27.1. The molecule has 10 heteroatoms. The molecule has 3 aromatic rings. The molecule has 45 heavy (non-hydrogen) atoms. The molecule has 0 radical (unpaired) electrons. The van der Waals surface area contributed by atoms with Crippen molar-refractivity contribution < 1.29 is 35.9 Å². The van der Waals surface area contributed by atoms with Crippen LogP contribution in [0.1, 0.15) is 58.4 Å². The van der Waals surface area contributed by atoms with E-state index >= 15 is 0 Å². The number of rotatable bonds is 7. The van der Waals surface area contributed by atoms with Gasteiger partial charge in [0.05, 0.1) is 0 Å². The molecule has 4 rings (SSSR count). The van der Waals surface area contributed by atoms with Crippen molar-refractivity contribution in [3.63, 3.8) is 0 Å². The molecule has 0 amide bonds. The van der Waals surface area contributed by atoms with Crippen molar-refractivity contribution in [2.45, 2.75) is 74.1 Å². The molecule has 0 spiro atoms. The number of hydrogen-bond donors (Lipinski definition) is 0. The third-order valence-electron chi connectivity index (χ3n) is 7.50. The van der Waals surface area contributed by atoms with Crippen LogP contribution in [0.15, 0.2) is 42.5 Å². The molecule has 1 fully saturated rings. The van der Waals surface area contributed by atoms with Gasteiger partial charge in [0.25, 0.3) is 0 Å². The number of anilines is 2. The predicted octanol–water partition coefficient (Wildman–Crippen LogP) is 9.89.